The molecule has 2 aliphatic rings. The second-order valence-electron chi connectivity index (χ2n) is 4.27. The lowest BCUT2D eigenvalue weighted by atomic mass is 9.78. The highest BCUT2D eigenvalue weighted by molar-refractivity contribution is 7.91. The third kappa shape index (κ3) is 1.65. The molecule has 5 nitrogen and oxygen atoms in total. The molecule has 2 unspecified atom stereocenters. The van der Waals surface area contributed by atoms with E-state index >= 15 is 0 Å². The molecule has 0 amide bonds. The first-order valence-corrected chi connectivity index (χ1v) is 6.84. The average molecular weight is 233 g/mol. The van der Waals surface area contributed by atoms with Crippen molar-refractivity contribution in [1.29, 1.82) is 0 Å². The van der Waals surface area contributed by atoms with Crippen molar-refractivity contribution in [2.75, 3.05) is 25.2 Å². The molecule has 6 heteroatoms. The van der Waals surface area contributed by atoms with Crippen LogP contribution in [0, 0.1) is 5.41 Å². The third-order valence-electron chi connectivity index (χ3n) is 3.50. The summed E-state index contributed by atoms with van der Waals surface area (Å²) in [7, 11) is -1.63. The van der Waals surface area contributed by atoms with Crippen LogP contribution in [0.5, 0.6) is 0 Å². The molecule has 1 N–H and O–H groups in total. The monoisotopic (exact) mass is 233 g/mol. The molecule has 0 radical (unpaired) electrons. The Morgan fingerprint density at radius 3 is 2.87 bits per heavy atom. The van der Waals surface area contributed by atoms with E-state index < -0.39 is 15.3 Å². The first-order valence-electron chi connectivity index (χ1n) is 5.02. The van der Waals surface area contributed by atoms with Crippen LogP contribution in [0.4, 0.5) is 0 Å². The number of hydrogen-bond acceptors (Lipinski definition) is 5. The molecular weight excluding hydrogens is 218 g/mol. The molecule has 0 saturated carbocycles. The van der Waals surface area contributed by atoms with Crippen LogP contribution in [0.1, 0.15) is 12.8 Å². The molecule has 2 aliphatic heterocycles. The normalized spacial score (nSPS) is 38.3. The number of sulfone groups is 1. The Labute approximate surface area is 89.1 Å². The van der Waals surface area contributed by atoms with Crippen molar-refractivity contribution in [3.05, 3.63) is 0 Å². The Kier molecular flexibility index (Phi) is 2.50. The highest BCUT2D eigenvalue weighted by Gasteiger charge is 2.54. The second-order valence-corrected chi connectivity index (χ2v) is 6.50. The summed E-state index contributed by atoms with van der Waals surface area (Å²) in [4.78, 5) is 11.7. The predicted molar refractivity (Wildman–Crippen MR) is 54.1 cm³/mol. The largest absolute Gasteiger partial charge is 0.469 e. The first-order chi connectivity index (χ1) is 7.00. The van der Waals surface area contributed by atoms with Crippen molar-refractivity contribution in [3.63, 3.8) is 0 Å². The maximum absolute atomic E-state index is 11.7. The van der Waals surface area contributed by atoms with E-state index in [0.29, 0.717) is 19.4 Å². The van der Waals surface area contributed by atoms with Crippen LogP contribution >= 0.6 is 0 Å². The van der Waals surface area contributed by atoms with E-state index in [-0.39, 0.29) is 23.5 Å². The van der Waals surface area contributed by atoms with Gasteiger partial charge in [0.05, 0.1) is 24.0 Å². The summed E-state index contributed by atoms with van der Waals surface area (Å²) in [6.07, 6.45) is 1.07. The van der Waals surface area contributed by atoms with Gasteiger partial charge < -0.3 is 10.1 Å². The van der Waals surface area contributed by atoms with Crippen molar-refractivity contribution in [3.8, 4) is 0 Å². The third-order valence-corrected chi connectivity index (χ3v) is 5.17. The summed E-state index contributed by atoms with van der Waals surface area (Å²) in [5.41, 5.74) is -0.597. The van der Waals surface area contributed by atoms with Crippen LogP contribution in [-0.2, 0) is 19.4 Å². The number of esters is 1. The standard InChI is InChI=1S/C9H15NO4S/c1-14-8(11)9-2-4-10-7(9)6-15(12,13)5-3-9/h7,10H,2-6H2,1H3. The maximum atomic E-state index is 11.7. The number of carbonyl (C=O) groups is 1. The Bertz CT molecular complexity index is 378. The molecule has 15 heavy (non-hydrogen) atoms. The zero-order valence-electron chi connectivity index (χ0n) is 8.65. The van der Waals surface area contributed by atoms with Gasteiger partial charge in [-0.15, -0.1) is 0 Å². The summed E-state index contributed by atoms with van der Waals surface area (Å²) in [6.45, 7) is 0.690. The van der Waals surface area contributed by atoms with Crippen molar-refractivity contribution in [2.45, 2.75) is 18.9 Å². The van der Waals surface area contributed by atoms with Crippen LogP contribution < -0.4 is 5.32 Å². The quantitative estimate of drug-likeness (QED) is 0.608. The number of ether oxygens (including phenoxy) is 1. The molecule has 0 bridgehead atoms. The maximum Gasteiger partial charge on any atom is 0.313 e. The lowest BCUT2D eigenvalue weighted by Gasteiger charge is -2.35. The van der Waals surface area contributed by atoms with Crippen LogP contribution in [0.3, 0.4) is 0 Å². The SMILES string of the molecule is COC(=O)C12CCNC1CS(=O)(=O)CC2. The minimum Gasteiger partial charge on any atom is -0.469 e. The van der Waals surface area contributed by atoms with Gasteiger partial charge in [0, 0.05) is 6.04 Å². The van der Waals surface area contributed by atoms with Crippen LogP contribution in [0.2, 0.25) is 0 Å². The van der Waals surface area contributed by atoms with Crippen LogP contribution in [0.25, 0.3) is 0 Å². The minimum absolute atomic E-state index is 0.0576. The summed E-state index contributed by atoms with van der Waals surface area (Å²) in [5, 5.41) is 3.09. The fourth-order valence-corrected chi connectivity index (χ4v) is 4.37. The van der Waals surface area contributed by atoms with Crippen molar-refractivity contribution in [2.24, 2.45) is 5.41 Å². The van der Waals surface area contributed by atoms with Crippen molar-refractivity contribution in [1.82, 2.24) is 5.32 Å². The Hall–Kier alpha value is -0.620. The number of nitrogens with one attached hydrogen (secondary N) is 1. The molecule has 2 atom stereocenters. The van der Waals surface area contributed by atoms with Crippen molar-refractivity contribution >= 4 is 15.8 Å². The van der Waals surface area contributed by atoms with Gasteiger partial charge >= 0.3 is 5.97 Å². The topological polar surface area (TPSA) is 72.5 Å². The lowest BCUT2D eigenvalue weighted by Crippen LogP contribution is -2.52. The molecule has 2 fully saturated rings. The second kappa shape index (κ2) is 3.45. The molecule has 0 aromatic heterocycles. The van der Waals surface area contributed by atoms with E-state index in [1.54, 1.807) is 0 Å². The van der Waals surface area contributed by atoms with Gasteiger partial charge in [0.15, 0.2) is 9.84 Å². The highest BCUT2D eigenvalue weighted by Crippen LogP contribution is 2.40. The van der Waals surface area contributed by atoms with Gasteiger partial charge in [-0.25, -0.2) is 8.42 Å². The van der Waals surface area contributed by atoms with Gasteiger partial charge in [-0.2, -0.15) is 0 Å². The van der Waals surface area contributed by atoms with E-state index in [1.165, 1.54) is 7.11 Å². The number of carbonyl (C=O) groups excluding carboxylic acids is 1. The van der Waals surface area contributed by atoms with E-state index in [0.717, 1.165) is 0 Å². The molecule has 0 spiro atoms. The first kappa shape index (κ1) is 10.9. The van der Waals surface area contributed by atoms with E-state index in [2.05, 4.69) is 5.32 Å². The molecular formula is C9H15NO4S. The predicted octanol–water partition coefficient (Wildman–Crippen LogP) is -0.674. The van der Waals surface area contributed by atoms with Gasteiger partial charge in [0.1, 0.15) is 0 Å². The Morgan fingerprint density at radius 2 is 2.20 bits per heavy atom. The summed E-state index contributed by atoms with van der Waals surface area (Å²) in [5.74, 6) is -0.116. The molecule has 0 aromatic rings. The Balaban J connectivity index is 2.29. The number of methoxy groups -OCH3 is 1. The number of hydrogen-bond donors (Lipinski definition) is 1. The smallest absolute Gasteiger partial charge is 0.313 e. The molecule has 2 heterocycles. The molecule has 0 aliphatic carbocycles. The number of rotatable bonds is 1. The van der Waals surface area contributed by atoms with Crippen LogP contribution in [0.15, 0.2) is 0 Å². The summed E-state index contributed by atoms with van der Waals surface area (Å²) in [6, 6.07) is -0.260. The molecule has 2 saturated heterocycles. The van der Waals surface area contributed by atoms with Crippen molar-refractivity contribution < 1.29 is 17.9 Å². The number of fused-ring (bicyclic) bond motifs is 1. The fraction of sp³-hybridized carbons (Fsp3) is 0.889. The van der Waals surface area contributed by atoms with Gasteiger partial charge in [-0.05, 0) is 19.4 Å². The minimum atomic E-state index is -2.99. The summed E-state index contributed by atoms with van der Waals surface area (Å²) < 4.78 is 27.7. The lowest BCUT2D eigenvalue weighted by molar-refractivity contribution is -0.153. The molecule has 0 aromatic carbocycles. The fourth-order valence-electron chi connectivity index (χ4n) is 2.58. The zero-order valence-corrected chi connectivity index (χ0v) is 9.47. The molecule has 86 valence electrons. The van der Waals surface area contributed by atoms with E-state index in [4.69, 9.17) is 4.74 Å². The zero-order chi connectivity index (χ0) is 11.1. The van der Waals surface area contributed by atoms with Gasteiger partial charge in [-0.1, -0.05) is 0 Å². The Morgan fingerprint density at radius 1 is 1.47 bits per heavy atom. The van der Waals surface area contributed by atoms with Gasteiger partial charge in [-0.3, -0.25) is 4.79 Å². The van der Waals surface area contributed by atoms with Gasteiger partial charge in [0.2, 0.25) is 0 Å². The van der Waals surface area contributed by atoms with Crippen LogP contribution in [-0.4, -0.2) is 45.6 Å². The summed E-state index contributed by atoms with van der Waals surface area (Å²) >= 11 is 0. The molecule has 2 rings (SSSR count). The van der Waals surface area contributed by atoms with E-state index in [1.807, 2.05) is 0 Å². The van der Waals surface area contributed by atoms with Gasteiger partial charge in [0.25, 0.3) is 0 Å². The highest BCUT2D eigenvalue weighted by atomic mass is 32.2. The van der Waals surface area contributed by atoms with E-state index in [9.17, 15) is 13.2 Å². The average Bonchev–Trinajstić information content (AvgIpc) is 2.59.